The normalized spacial score (nSPS) is 27.4. The van der Waals surface area contributed by atoms with Crippen molar-refractivity contribution in [2.24, 2.45) is 4.99 Å². The first-order valence-electron chi connectivity index (χ1n) is 7.81. The molecule has 7 heteroatoms. The summed E-state index contributed by atoms with van der Waals surface area (Å²) in [6, 6.07) is 7.80. The van der Waals surface area contributed by atoms with Gasteiger partial charge < -0.3 is 4.90 Å². The Labute approximate surface area is 141 Å². The zero-order valence-electron chi connectivity index (χ0n) is 13.2. The Balaban J connectivity index is 2.07. The van der Waals surface area contributed by atoms with Gasteiger partial charge >= 0.3 is 0 Å². The minimum atomic E-state index is -3.03. The highest BCUT2D eigenvalue weighted by molar-refractivity contribution is 8.16. The summed E-state index contributed by atoms with van der Waals surface area (Å²) < 4.78 is 24.0. The van der Waals surface area contributed by atoms with Gasteiger partial charge in [-0.3, -0.25) is 4.79 Å². The van der Waals surface area contributed by atoms with Gasteiger partial charge in [0.25, 0.3) is 0 Å². The number of benzene rings is 1. The van der Waals surface area contributed by atoms with Gasteiger partial charge in [-0.25, -0.2) is 8.42 Å². The average Bonchev–Trinajstić information content (AvgIpc) is 2.98. The number of thioether (sulfide) groups is 1. The molecule has 0 unspecified atom stereocenters. The van der Waals surface area contributed by atoms with Crippen LogP contribution in [0.3, 0.4) is 0 Å². The van der Waals surface area contributed by atoms with Gasteiger partial charge in [-0.2, -0.15) is 4.99 Å². The van der Waals surface area contributed by atoms with Crippen molar-refractivity contribution in [2.45, 2.75) is 38.0 Å². The number of amidine groups is 1. The molecule has 1 aromatic rings. The highest BCUT2D eigenvalue weighted by atomic mass is 32.2. The molecular weight excluding hydrogens is 332 g/mol. The van der Waals surface area contributed by atoms with Gasteiger partial charge in [-0.15, -0.1) is 0 Å². The molecule has 124 valence electrons. The predicted octanol–water partition coefficient (Wildman–Crippen LogP) is 2.26. The number of carbonyl (C=O) groups excluding carboxylic acids is 1. The molecule has 0 saturated carbocycles. The summed E-state index contributed by atoms with van der Waals surface area (Å²) in [7, 11) is -3.03. The first-order chi connectivity index (χ1) is 10.9. The van der Waals surface area contributed by atoms with E-state index in [1.165, 1.54) is 11.8 Å². The van der Waals surface area contributed by atoms with E-state index >= 15 is 0 Å². The van der Waals surface area contributed by atoms with Crippen molar-refractivity contribution in [3.05, 3.63) is 29.8 Å². The zero-order valence-corrected chi connectivity index (χ0v) is 14.9. The lowest BCUT2D eigenvalue weighted by molar-refractivity contribution is -0.117. The number of anilines is 1. The number of nitrogens with zero attached hydrogens (tertiary/aromatic N) is 2. The van der Waals surface area contributed by atoms with Gasteiger partial charge in [0.2, 0.25) is 5.91 Å². The maximum absolute atomic E-state index is 12.0. The van der Waals surface area contributed by atoms with Crippen LogP contribution in [-0.2, 0) is 21.1 Å². The highest BCUT2D eigenvalue weighted by Gasteiger charge is 2.49. The van der Waals surface area contributed by atoms with Gasteiger partial charge in [0.1, 0.15) is 0 Å². The number of hydrogen-bond donors (Lipinski definition) is 0. The van der Waals surface area contributed by atoms with E-state index < -0.39 is 9.84 Å². The molecule has 2 heterocycles. The fraction of sp³-hybridized carbons (Fsp3) is 0.500. The summed E-state index contributed by atoms with van der Waals surface area (Å²) in [5, 5.41) is 0.593. The first-order valence-corrected chi connectivity index (χ1v) is 10.5. The van der Waals surface area contributed by atoms with Crippen LogP contribution in [0.2, 0.25) is 0 Å². The number of carbonyl (C=O) groups is 1. The third kappa shape index (κ3) is 3.17. The van der Waals surface area contributed by atoms with E-state index in [1.54, 1.807) is 6.92 Å². The molecule has 2 atom stereocenters. The molecule has 2 aliphatic heterocycles. The van der Waals surface area contributed by atoms with Crippen LogP contribution in [0.15, 0.2) is 29.3 Å². The minimum absolute atomic E-state index is 0.0479. The van der Waals surface area contributed by atoms with E-state index in [9.17, 15) is 13.2 Å². The molecule has 23 heavy (non-hydrogen) atoms. The number of amides is 1. The molecule has 0 spiro atoms. The fourth-order valence-corrected chi connectivity index (χ4v) is 7.00. The number of hydrogen-bond acceptors (Lipinski definition) is 4. The second kappa shape index (κ2) is 6.28. The third-order valence-corrected chi connectivity index (χ3v) is 7.43. The quantitative estimate of drug-likeness (QED) is 0.835. The Bertz CT molecular complexity index is 758. The van der Waals surface area contributed by atoms with Crippen molar-refractivity contribution in [3.63, 3.8) is 0 Å². The SMILES string of the molecule is CCC(=O)N=C1S[C@H]2CS(=O)(=O)C[C@H]2N1c1ccccc1CC. The van der Waals surface area contributed by atoms with Gasteiger partial charge in [0.05, 0.1) is 17.5 Å². The lowest BCUT2D eigenvalue weighted by atomic mass is 10.1. The Kier molecular flexibility index (Phi) is 4.51. The number of aliphatic imine (C=N–C) groups is 1. The molecule has 0 aliphatic carbocycles. The second-order valence-electron chi connectivity index (χ2n) is 5.79. The average molecular weight is 352 g/mol. The van der Waals surface area contributed by atoms with Gasteiger partial charge in [0.15, 0.2) is 15.0 Å². The van der Waals surface area contributed by atoms with Gasteiger partial charge in [0, 0.05) is 17.4 Å². The summed E-state index contributed by atoms with van der Waals surface area (Å²) >= 11 is 1.43. The van der Waals surface area contributed by atoms with Crippen LogP contribution in [-0.4, -0.2) is 42.3 Å². The van der Waals surface area contributed by atoms with Crippen molar-refractivity contribution >= 4 is 38.4 Å². The molecule has 2 saturated heterocycles. The molecule has 0 N–H and O–H groups in total. The number of para-hydroxylation sites is 1. The Morgan fingerprint density at radius 1 is 1.30 bits per heavy atom. The smallest absolute Gasteiger partial charge is 0.247 e. The highest BCUT2D eigenvalue weighted by Crippen LogP contribution is 2.42. The van der Waals surface area contributed by atoms with Crippen LogP contribution in [0.25, 0.3) is 0 Å². The van der Waals surface area contributed by atoms with E-state index in [2.05, 4.69) is 11.9 Å². The van der Waals surface area contributed by atoms with Gasteiger partial charge in [-0.1, -0.05) is 43.8 Å². The lowest BCUT2D eigenvalue weighted by Crippen LogP contribution is -2.38. The van der Waals surface area contributed by atoms with Crippen LogP contribution in [0, 0.1) is 0 Å². The summed E-state index contributed by atoms with van der Waals surface area (Å²) in [4.78, 5) is 18.0. The standard InChI is InChI=1S/C16H20N2O3S2/c1-3-11-7-5-6-8-12(11)18-13-9-23(20,21)10-14(13)22-16(18)17-15(19)4-2/h5-8,13-14H,3-4,9-10H2,1-2H3/t13-,14+/m1/s1. The molecular formula is C16H20N2O3S2. The first kappa shape index (κ1) is 16.5. The molecule has 1 aromatic carbocycles. The number of fused-ring (bicyclic) bond motifs is 1. The zero-order chi connectivity index (χ0) is 16.6. The molecule has 0 aromatic heterocycles. The molecule has 5 nitrogen and oxygen atoms in total. The molecule has 3 rings (SSSR count). The summed E-state index contributed by atoms with van der Waals surface area (Å²) in [5.41, 5.74) is 2.10. The van der Waals surface area contributed by atoms with E-state index in [1.807, 2.05) is 29.2 Å². The van der Waals surface area contributed by atoms with Gasteiger partial charge in [-0.05, 0) is 18.1 Å². The Hall–Kier alpha value is -1.34. The Morgan fingerprint density at radius 3 is 2.74 bits per heavy atom. The second-order valence-corrected chi connectivity index (χ2v) is 9.15. The number of aryl methyl sites for hydroxylation is 1. The fourth-order valence-electron chi connectivity index (χ4n) is 3.08. The molecule has 0 radical (unpaired) electrons. The van der Waals surface area contributed by atoms with Crippen LogP contribution in [0.5, 0.6) is 0 Å². The maximum Gasteiger partial charge on any atom is 0.247 e. The van der Waals surface area contributed by atoms with Crippen molar-refractivity contribution < 1.29 is 13.2 Å². The van der Waals surface area contributed by atoms with Crippen LogP contribution in [0.1, 0.15) is 25.8 Å². The molecule has 2 aliphatic rings. The molecule has 1 amide bonds. The predicted molar refractivity (Wildman–Crippen MR) is 94.9 cm³/mol. The van der Waals surface area contributed by atoms with Crippen LogP contribution >= 0.6 is 11.8 Å². The van der Waals surface area contributed by atoms with E-state index in [0.717, 1.165) is 17.7 Å². The largest absolute Gasteiger partial charge is 0.315 e. The van der Waals surface area contributed by atoms with E-state index in [0.29, 0.717) is 11.6 Å². The minimum Gasteiger partial charge on any atom is -0.315 e. The van der Waals surface area contributed by atoms with Crippen molar-refractivity contribution in [1.29, 1.82) is 0 Å². The van der Waals surface area contributed by atoms with E-state index in [-0.39, 0.29) is 28.7 Å². The number of rotatable bonds is 3. The Morgan fingerprint density at radius 2 is 2.04 bits per heavy atom. The topological polar surface area (TPSA) is 66.8 Å². The maximum atomic E-state index is 12.0. The summed E-state index contributed by atoms with van der Waals surface area (Å²) in [6.45, 7) is 3.85. The monoisotopic (exact) mass is 352 g/mol. The summed E-state index contributed by atoms with van der Waals surface area (Å²) in [5.74, 6) is 0.114. The number of sulfone groups is 1. The lowest BCUT2D eigenvalue weighted by Gasteiger charge is -2.26. The molecule has 0 bridgehead atoms. The van der Waals surface area contributed by atoms with Crippen molar-refractivity contribution in [2.75, 3.05) is 16.4 Å². The third-order valence-electron chi connectivity index (χ3n) is 4.22. The van der Waals surface area contributed by atoms with E-state index in [4.69, 9.17) is 0 Å². The molecule has 2 fully saturated rings. The van der Waals surface area contributed by atoms with Crippen molar-refractivity contribution in [3.8, 4) is 0 Å². The van der Waals surface area contributed by atoms with Crippen LogP contribution < -0.4 is 4.90 Å². The van der Waals surface area contributed by atoms with Crippen molar-refractivity contribution in [1.82, 2.24) is 0 Å². The summed E-state index contributed by atoms with van der Waals surface area (Å²) in [6.07, 6.45) is 1.19. The van der Waals surface area contributed by atoms with Crippen LogP contribution in [0.4, 0.5) is 5.69 Å².